The van der Waals surface area contributed by atoms with Gasteiger partial charge in [0.25, 0.3) is 0 Å². The summed E-state index contributed by atoms with van der Waals surface area (Å²) >= 11 is 0. The van der Waals surface area contributed by atoms with Gasteiger partial charge in [-0.3, -0.25) is 0 Å². The first-order chi connectivity index (χ1) is 5.99. The maximum Gasteiger partial charge on any atom is 0.0932 e. The van der Waals surface area contributed by atoms with E-state index in [2.05, 4.69) is 27.7 Å². The van der Waals surface area contributed by atoms with Crippen LogP contribution < -0.4 is 0 Å². The van der Waals surface area contributed by atoms with Crippen molar-refractivity contribution in [2.75, 3.05) is 6.61 Å². The molecule has 0 spiro atoms. The van der Waals surface area contributed by atoms with Crippen LogP contribution in [0.1, 0.15) is 40.5 Å². The van der Waals surface area contributed by atoms with E-state index < -0.39 is 5.60 Å². The minimum atomic E-state index is -0.575. The zero-order valence-corrected chi connectivity index (χ0v) is 9.21. The van der Waals surface area contributed by atoms with Crippen LogP contribution in [0.5, 0.6) is 0 Å². The van der Waals surface area contributed by atoms with Crippen LogP contribution in [0.4, 0.5) is 0 Å². The van der Waals surface area contributed by atoms with Gasteiger partial charge in [-0.05, 0) is 18.3 Å². The summed E-state index contributed by atoms with van der Waals surface area (Å²) in [5.74, 6) is 0.841. The molecule has 1 fully saturated rings. The van der Waals surface area contributed by atoms with Gasteiger partial charge in [0.1, 0.15) is 0 Å². The Labute approximate surface area is 81.3 Å². The summed E-state index contributed by atoms with van der Waals surface area (Å²) in [6, 6.07) is 0. The summed E-state index contributed by atoms with van der Waals surface area (Å²) in [5.41, 5.74) is -0.575. The molecular weight excluding hydrogens is 164 g/mol. The van der Waals surface area contributed by atoms with Crippen molar-refractivity contribution < 1.29 is 9.84 Å². The van der Waals surface area contributed by atoms with Crippen molar-refractivity contribution in [3.05, 3.63) is 0 Å². The average molecular weight is 186 g/mol. The fourth-order valence-electron chi connectivity index (χ4n) is 1.97. The topological polar surface area (TPSA) is 29.5 Å². The van der Waals surface area contributed by atoms with E-state index in [9.17, 15) is 5.11 Å². The van der Waals surface area contributed by atoms with Crippen molar-refractivity contribution in [1.82, 2.24) is 0 Å². The molecule has 2 nitrogen and oxygen atoms in total. The molecule has 0 aromatic heterocycles. The third-order valence-electron chi connectivity index (χ3n) is 3.45. The number of hydrogen-bond donors (Lipinski definition) is 1. The van der Waals surface area contributed by atoms with E-state index in [0.717, 1.165) is 12.8 Å². The van der Waals surface area contributed by atoms with Gasteiger partial charge in [0.05, 0.1) is 18.3 Å². The predicted molar refractivity (Wildman–Crippen MR) is 53.6 cm³/mol. The Bertz CT molecular complexity index is 167. The molecule has 1 rings (SSSR count). The maximum absolute atomic E-state index is 10.3. The summed E-state index contributed by atoms with van der Waals surface area (Å²) in [6.45, 7) is 9.05. The normalized spacial score (nSPS) is 36.9. The van der Waals surface area contributed by atoms with Gasteiger partial charge in [0.15, 0.2) is 0 Å². The van der Waals surface area contributed by atoms with Gasteiger partial charge in [-0.15, -0.1) is 0 Å². The largest absolute Gasteiger partial charge is 0.387 e. The maximum atomic E-state index is 10.3. The summed E-state index contributed by atoms with van der Waals surface area (Å²) in [4.78, 5) is 0. The lowest BCUT2D eigenvalue weighted by Gasteiger charge is -2.31. The Balaban J connectivity index is 2.58. The average Bonchev–Trinajstić information content (AvgIpc) is 2.47. The molecule has 13 heavy (non-hydrogen) atoms. The first-order valence-electron chi connectivity index (χ1n) is 5.33. The highest BCUT2D eigenvalue weighted by Crippen LogP contribution is 2.35. The van der Waals surface area contributed by atoms with E-state index in [4.69, 9.17) is 4.74 Å². The second-order valence-corrected chi connectivity index (χ2v) is 4.68. The SMILES string of the molecule is CCC1CC(O)(C(C)C(C)C)CO1. The van der Waals surface area contributed by atoms with Crippen molar-refractivity contribution >= 4 is 0 Å². The van der Waals surface area contributed by atoms with Crippen LogP contribution in [0, 0.1) is 11.8 Å². The van der Waals surface area contributed by atoms with Crippen molar-refractivity contribution in [2.45, 2.75) is 52.2 Å². The van der Waals surface area contributed by atoms with E-state index in [1.807, 2.05) is 0 Å². The molecular formula is C11H22O2. The zero-order chi connectivity index (χ0) is 10.1. The summed E-state index contributed by atoms with van der Waals surface area (Å²) in [5, 5.41) is 10.3. The van der Waals surface area contributed by atoms with Gasteiger partial charge in [-0.1, -0.05) is 27.7 Å². The van der Waals surface area contributed by atoms with Gasteiger partial charge in [-0.2, -0.15) is 0 Å². The summed E-state index contributed by atoms with van der Waals surface area (Å²) < 4.78 is 5.54. The smallest absolute Gasteiger partial charge is 0.0932 e. The van der Waals surface area contributed by atoms with Crippen LogP contribution >= 0.6 is 0 Å². The molecule has 1 N–H and O–H groups in total. The molecule has 1 aliphatic heterocycles. The Morgan fingerprint density at radius 2 is 2.08 bits per heavy atom. The lowest BCUT2D eigenvalue weighted by Crippen LogP contribution is -2.39. The highest BCUT2D eigenvalue weighted by atomic mass is 16.5. The molecule has 0 bridgehead atoms. The molecule has 0 aromatic carbocycles. The lowest BCUT2D eigenvalue weighted by atomic mass is 9.79. The van der Waals surface area contributed by atoms with Gasteiger partial charge in [-0.25, -0.2) is 0 Å². The Morgan fingerprint density at radius 3 is 2.46 bits per heavy atom. The zero-order valence-electron chi connectivity index (χ0n) is 9.21. The second-order valence-electron chi connectivity index (χ2n) is 4.68. The monoisotopic (exact) mass is 186 g/mol. The van der Waals surface area contributed by atoms with Crippen molar-refractivity contribution in [3.63, 3.8) is 0 Å². The standard InChI is InChI=1S/C11H22O2/c1-5-10-6-11(12,7-13-10)9(4)8(2)3/h8-10,12H,5-7H2,1-4H3. The highest BCUT2D eigenvalue weighted by molar-refractivity contribution is 4.92. The summed E-state index contributed by atoms with van der Waals surface area (Å²) in [7, 11) is 0. The fourth-order valence-corrected chi connectivity index (χ4v) is 1.97. The van der Waals surface area contributed by atoms with E-state index in [0.29, 0.717) is 18.4 Å². The minimum Gasteiger partial charge on any atom is -0.387 e. The third kappa shape index (κ3) is 2.23. The molecule has 1 aliphatic rings. The number of rotatable bonds is 3. The number of ether oxygens (including phenoxy) is 1. The van der Waals surface area contributed by atoms with Gasteiger partial charge in [0, 0.05) is 6.42 Å². The van der Waals surface area contributed by atoms with Crippen molar-refractivity contribution in [1.29, 1.82) is 0 Å². The molecule has 3 unspecified atom stereocenters. The quantitative estimate of drug-likeness (QED) is 0.732. The molecule has 0 radical (unpaired) electrons. The van der Waals surface area contributed by atoms with Gasteiger partial charge >= 0.3 is 0 Å². The first kappa shape index (κ1) is 11.0. The second kappa shape index (κ2) is 3.97. The third-order valence-corrected chi connectivity index (χ3v) is 3.45. The molecule has 78 valence electrons. The van der Waals surface area contributed by atoms with E-state index in [1.54, 1.807) is 0 Å². The molecule has 0 aromatic rings. The van der Waals surface area contributed by atoms with Crippen LogP contribution in [0.2, 0.25) is 0 Å². The Hall–Kier alpha value is -0.0800. The van der Waals surface area contributed by atoms with E-state index in [-0.39, 0.29) is 6.10 Å². The van der Waals surface area contributed by atoms with Crippen LogP contribution in [0.3, 0.4) is 0 Å². The minimum absolute atomic E-state index is 0.270. The van der Waals surface area contributed by atoms with Gasteiger partial charge < -0.3 is 9.84 Å². The lowest BCUT2D eigenvalue weighted by molar-refractivity contribution is -0.0355. The molecule has 1 heterocycles. The van der Waals surface area contributed by atoms with Gasteiger partial charge in [0.2, 0.25) is 0 Å². The number of aliphatic hydroxyl groups is 1. The molecule has 0 saturated carbocycles. The Morgan fingerprint density at radius 1 is 1.46 bits per heavy atom. The molecule has 0 aliphatic carbocycles. The fraction of sp³-hybridized carbons (Fsp3) is 1.00. The van der Waals surface area contributed by atoms with Crippen molar-refractivity contribution in [3.8, 4) is 0 Å². The summed E-state index contributed by atoms with van der Waals surface area (Å²) in [6.07, 6.45) is 2.09. The number of hydrogen-bond acceptors (Lipinski definition) is 2. The van der Waals surface area contributed by atoms with E-state index >= 15 is 0 Å². The molecule has 3 atom stereocenters. The molecule has 0 amide bonds. The highest BCUT2D eigenvalue weighted by Gasteiger charge is 2.42. The van der Waals surface area contributed by atoms with Crippen molar-refractivity contribution in [2.24, 2.45) is 11.8 Å². The van der Waals surface area contributed by atoms with Crippen LogP contribution in [0.15, 0.2) is 0 Å². The van der Waals surface area contributed by atoms with E-state index in [1.165, 1.54) is 0 Å². The van der Waals surface area contributed by atoms with Crippen LogP contribution in [-0.4, -0.2) is 23.4 Å². The van der Waals surface area contributed by atoms with Crippen LogP contribution in [0.25, 0.3) is 0 Å². The predicted octanol–water partition coefficient (Wildman–Crippen LogP) is 2.21. The molecule has 2 heteroatoms. The Kier molecular flexibility index (Phi) is 3.36. The molecule has 1 saturated heterocycles. The first-order valence-corrected chi connectivity index (χ1v) is 5.33. The van der Waals surface area contributed by atoms with Crippen LogP contribution in [-0.2, 0) is 4.74 Å².